The molecule has 0 N–H and O–H groups in total. The number of hydrogen-bond acceptors (Lipinski definition) is 3. The molecule has 0 bridgehead atoms. The highest BCUT2D eigenvalue weighted by Gasteiger charge is 2.08. The standard InChI is InChI=1S/C16H19ClN2O/c1-4-5-10-20-14-8-6-13(7-9-14)16-18-12(3)11(2)15(17)19-16/h6-9H,4-5,10H2,1-3H3. The fourth-order valence-corrected chi connectivity index (χ4v) is 1.97. The molecule has 0 unspecified atom stereocenters. The molecule has 0 aliphatic carbocycles. The second kappa shape index (κ2) is 6.71. The predicted octanol–water partition coefficient (Wildman–Crippen LogP) is 4.59. The van der Waals surface area contributed by atoms with Crippen LogP contribution in [0.2, 0.25) is 5.15 Å². The first-order chi connectivity index (χ1) is 9.61. The van der Waals surface area contributed by atoms with Crippen LogP contribution in [-0.2, 0) is 0 Å². The summed E-state index contributed by atoms with van der Waals surface area (Å²) in [7, 11) is 0. The number of aryl methyl sites for hydroxylation is 1. The van der Waals surface area contributed by atoms with Crippen LogP contribution in [0.4, 0.5) is 0 Å². The molecule has 2 aromatic rings. The van der Waals surface area contributed by atoms with Crippen LogP contribution in [0.1, 0.15) is 31.0 Å². The Kier molecular flexibility index (Phi) is 4.96. The Morgan fingerprint density at radius 3 is 2.40 bits per heavy atom. The molecule has 0 fully saturated rings. The predicted molar refractivity (Wildman–Crippen MR) is 82.4 cm³/mol. The first kappa shape index (κ1) is 14.8. The van der Waals surface area contributed by atoms with Gasteiger partial charge in [0.25, 0.3) is 0 Å². The monoisotopic (exact) mass is 290 g/mol. The molecule has 0 amide bonds. The first-order valence-corrected chi connectivity index (χ1v) is 7.23. The van der Waals surface area contributed by atoms with Crippen molar-refractivity contribution in [3.05, 3.63) is 40.7 Å². The van der Waals surface area contributed by atoms with Gasteiger partial charge >= 0.3 is 0 Å². The van der Waals surface area contributed by atoms with Crippen LogP contribution in [0, 0.1) is 13.8 Å². The number of nitrogens with zero attached hydrogens (tertiary/aromatic N) is 2. The van der Waals surface area contributed by atoms with Crippen molar-refractivity contribution in [3.8, 4) is 17.1 Å². The van der Waals surface area contributed by atoms with Gasteiger partial charge in [0.05, 0.1) is 6.61 Å². The van der Waals surface area contributed by atoms with Gasteiger partial charge < -0.3 is 4.74 Å². The maximum Gasteiger partial charge on any atom is 0.161 e. The number of rotatable bonds is 5. The number of aromatic nitrogens is 2. The lowest BCUT2D eigenvalue weighted by Gasteiger charge is -2.08. The number of halogens is 1. The largest absolute Gasteiger partial charge is 0.494 e. The van der Waals surface area contributed by atoms with E-state index in [1.807, 2.05) is 38.1 Å². The highest BCUT2D eigenvalue weighted by molar-refractivity contribution is 6.30. The molecule has 1 aromatic carbocycles. The van der Waals surface area contributed by atoms with Crippen LogP contribution >= 0.6 is 11.6 Å². The van der Waals surface area contributed by atoms with Gasteiger partial charge in [-0.05, 0) is 44.5 Å². The van der Waals surface area contributed by atoms with E-state index in [-0.39, 0.29) is 0 Å². The van der Waals surface area contributed by atoms with Crippen molar-refractivity contribution >= 4 is 11.6 Å². The Balaban J connectivity index is 2.17. The molecule has 0 spiro atoms. The molecule has 4 heteroatoms. The van der Waals surface area contributed by atoms with E-state index in [0.29, 0.717) is 11.0 Å². The Morgan fingerprint density at radius 2 is 1.80 bits per heavy atom. The minimum absolute atomic E-state index is 0.510. The Morgan fingerprint density at radius 1 is 1.10 bits per heavy atom. The van der Waals surface area contributed by atoms with Gasteiger partial charge in [0.2, 0.25) is 0 Å². The smallest absolute Gasteiger partial charge is 0.161 e. The first-order valence-electron chi connectivity index (χ1n) is 6.85. The molecule has 0 radical (unpaired) electrons. The Labute approximate surface area is 125 Å². The summed E-state index contributed by atoms with van der Waals surface area (Å²) in [6.45, 7) is 6.76. The van der Waals surface area contributed by atoms with Crippen molar-refractivity contribution in [3.63, 3.8) is 0 Å². The van der Waals surface area contributed by atoms with E-state index >= 15 is 0 Å². The van der Waals surface area contributed by atoms with Crippen molar-refractivity contribution in [2.45, 2.75) is 33.6 Å². The summed E-state index contributed by atoms with van der Waals surface area (Å²) in [5.41, 5.74) is 2.77. The summed E-state index contributed by atoms with van der Waals surface area (Å²) in [6, 6.07) is 7.80. The zero-order chi connectivity index (χ0) is 14.5. The van der Waals surface area contributed by atoms with Crippen LogP contribution in [0.15, 0.2) is 24.3 Å². The van der Waals surface area contributed by atoms with E-state index in [4.69, 9.17) is 16.3 Å². The number of benzene rings is 1. The van der Waals surface area contributed by atoms with E-state index in [2.05, 4.69) is 16.9 Å². The molecule has 3 nitrogen and oxygen atoms in total. The van der Waals surface area contributed by atoms with Gasteiger partial charge in [-0.1, -0.05) is 24.9 Å². The number of unbranched alkanes of at least 4 members (excludes halogenated alkanes) is 1. The van der Waals surface area contributed by atoms with E-state index < -0.39 is 0 Å². The summed E-state index contributed by atoms with van der Waals surface area (Å²) < 4.78 is 5.64. The van der Waals surface area contributed by atoms with Gasteiger partial charge in [0, 0.05) is 16.8 Å². The minimum Gasteiger partial charge on any atom is -0.494 e. The van der Waals surface area contributed by atoms with E-state index in [1.165, 1.54) is 0 Å². The topological polar surface area (TPSA) is 35.0 Å². The lowest BCUT2D eigenvalue weighted by atomic mass is 10.2. The molecule has 0 aliphatic heterocycles. The molecule has 0 saturated carbocycles. The van der Waals surface area contributed by atoms with Crippen molar-refractivity contribution in [2.24, 2.45) is 0 Å². The fraction of sp³-hybridized carbons (Fsp3) is 0.375. The zero-order valence-electron chi connectivity index (χ0n) is 12.1. The van der Waals surface area contributed by atoms with Gasteiger partial charge in [0.15, 0.2) is 5.82 Å². The van der Waals surface area contributed by atoms with Gasteiger partial charge in [-0.2, -0.15) is 0 Å². The normalized spacial score (nSPS) is 10.6. The molecule has 0 aliphatic rings. The van der Waals surface area contributed by atoms with E-state index in [9.17, 15) is 0 Å². The average molecular weight is 291 g/mol. The SMILES string of the molecule is CCCCOc1ccc(-c2nc(C)c(C)c(Cl)n2)cc1. The summed E-state index contributed by atoms with van der Waals surface area (Å²) in [5, 5.41) is 0.510. The molecule has 2 rings (SSSR count). The number of ether oxygens (including phenoxy) is 1. The molecular formula is C16H19ClN2O. The molecule has 0 atom stereocenters. The van der Waals surface area contributed by atoms with Crippen LogP contribution in [0.3, 0.4) is 0 Å². The summed E-state index contributed by atoms with van der Waals surface area (Å²) in [6.07, 6.45) is 2.20. The third-order valence-corrected chi connectivity index (χ3v) is 3.58. The Bertz CT molecular complexity index is 559. The molecule has 1 aromatic heterocycles. The van der Waals surface area contributed by atoms with Crippen molar-refractivity contribution in [2.75, 3.05) is 6.61 Å². The lowest BCUT2D eigenvalue weighted by Crippen LogP contribution is -1.98. The summed E-state index contributed by atoms with van der Waals surface area (Å²) in [4.78, 5) is 8.79. The third-order valence-electron chi connectivity index (χ3n) is 3.21. The molecule has 0 saturated heterocycles. The molecular weight excluding hydrogens is 272 g/mol. The van der Waals surface area contributed by atoms with Crippen LogP contribution < -0.4 is 4.74 Å². The van der Waals surface area contributed by atoms with Crippen molar-refractivity contribution in [1.29, 1.82) is 0 Å². The molecule has 106 valence electrons. The number of hydrogen-bond donors (Lipinski definition) is 0. The Hall–Kier alpha value is -1.61. The maximum atomic E-state index is 6.11. The highest BCUT2D eigenvalue weighted by Crippen LogP contribution is 2.23. The second-order valence-electron chi connectivity index (χ2n) is 4.77. The van der Waals surface area contributed by atoms with Crippen molar-refractivity contribution in [1.82, 2.24) is 9.97 Å². The average Bonchev–Trinajstić information content (AvgIpc) is 2.45. The van der Waals surface area contributed by atoms with Crippen molar-refractivity contribution < 1.29 is 4.74 Å². The molecule has 20 heavy (non-hydrogen) atoms. The third kappa shape index (κ3) is 3.48. The van der Waals surface area contributed by atoms with Crippen LogP contribution in [-0.4, -0.2) is 16.6 Å². The van der Waals surface area contributed by atoms with Gasteiger partial charge in [-0.15, -0.1) is 0 Å². The minimum atomic E-state index is 0.510. The van der Waals surface area contributed by atoms with E-state index in [1.54, 1.807) is 0 Å². The fourth-order valence-electron chi connectivity index (χ4n) is 1.76. The van der Waals surface area contributed by atoms with Gasteiger partial charge in [-0.25, -0.2) is 9.97 Å². The second-order valence-corrected chi connectivity index (χ2v) is 5.13. The highest BCUT2D eigenvalue weighted by atomic mass is 35.5. The summed E-state index contributed by atoms with van der Waals surface area (Å²) >= 11 is 6.11. The summed E-state index contributed by atoms with van der Waals surface area (Å²) in [5.74, 6) is 1.52. The zero-order valence-corrected chi connectivity index (χ0v) is 12.9. The molecule has 1 heterocycles. The lowest BCUT2D eigenvalue weighted by molar-refractivity contribution is 0.309. The van der Waals surface area contributed by atoms with E-state index in [0.717, 1.165) is 42.0 Å². The van der Waals surface area contributed by atoms with Gasteiger partial charge in [0.1, 0.15) is 10.9 Å². The quantitative estimate of drug-likeness (QED) is 0.596. The maximum absolute atomic E-state index is 6.11. The van der Waals surface area contributed by atoms with Crippen LogP contribution in [0.5, 0.6) is 5.75 Å². The van der Waals surface area contributed by atoms with Crippen LogP contribution in [0.25, 0.3) is 11.4 Å². The van der Waals surface area contributed by atoms with Gasteiger partial charge in [-0.3, -0.25) is 0 Å².